The number of anilines is 1. The Morgan fingerprint density at radius 3 is 2.62 bits per heavy atom. The number of nitrogens with zero attached hydrogens (tertiary/aromatic N) is 6. The molecule has 10 heteroatoms. The zero-order valence-corrected chi connectivity index (χ0v) is 20.1. The molecule has 0 aliphatic carbocycles. The van der Waals surface area contributed by atoms with E-state index >= 15 is 0 Å². The fourth-order valence-corrected chi connectivity index (χ4v) is 3.70. The number of hydrogen-bond donors (Lipinski definition) is 1. The first-order valence-electron chi connectivity index (χ1n) is 11.1. The molecule has 0 amide bonds. The smallest absolute Gasteiger partial charge is 0.290 e. The van der Waals surface area contributed by atoms with Crippen LogP contribution in [0.1, 0.15) is 5.69 Å². The van der Waals surface area contributed by atoms with E-state index in [4.69, 9.17) is 24.4 Å². The van der Waals surface area contributed by atoms with Crippen LogP contribution in [0.2, 0.25) is 0 Å². The van der Waals surface area contributed by atoms with Crippen molar-refractivity contribution < 1.29 is 19.4 Å². The van der Waals surface area contributed by atoms with Gasteiger partial charge in [0.25, 0.3) is 6.47 Å². The number of aryl methyl sites for hydroxylation is 1. The Morgan fingerprint density at radius 1 is 1.21 bits per heavy atom. The summed E-state index contributed by atoms with van der Waals surface area (Å²) in [5, 5.41) is 6.89. The summed E-state index contributed by atoms with van der Waals surface area (Å²) in [6.45, 7) is 6.55. The largest absolute Gasteiger partial charge is 0.496 e. The summed E-state index contributed by atoms with van der Waals surface area (Å²) in [5.41, 5.74) is 3.73. The Morgan fingerprint density at radius 2 is 1.94 bits per heavy atom. The van der Waals surface area contributed by atoms with E-state index in [1.165, 1.54) is 0 Å². The molecule has 1 N–H and O–H groups in total. The van der Waals surface area contributed by atoms with Crippen LogP contribution in [0.4, 0.5) is 5.95 Å². The molecule has 4 rings (SSSR count). The molecule has 182 valence electrons. The first-order valence-corrected chi connectivity index (χ1v) is 11.1. The number of aromatic nitrogens is 4. The van der Waals surface area contributed by atoms with Crippen molar-refractivity contribution in [3.8, 4) is 28.4 Å². The quantitative estimate of drug-likeness (QED) is 0.523. The predicted octanol–water partition coefficient (Wildman–Crippen LogP) is 2.42. The molecule has 1 aromatic carbocycles. The van der Waals surface area contributed by atoms with Crippen LogP contribution in [-0.4, -0.2) is 90.1 Å². The molecule has 0 radical (unpaired) electrons. The maximum atomic E-state index is 8.36. The molecule has 1 saturated heterocycles. The summed E-state index contributed by atoms with van der Waals surface area (Å²) in [6.07, 6.45) is 3.87. The topological polar surface area (TPSA) is 106 Å². The van der Waals surface area contributed by atoms with Crippen LogP contribution in [0.3, 0.4) is 0 Å². The van der Waals surface area contributed by atoms with Crippen molar-refractivity contribution in [3.05, 3.63) is 42.4 Å². The molecule has 1 aliphatic rings. The van der Waals surface area contributed by atoms with Crippen LogP contribution in [0.5, 0.6) is 5.75 Å². The van der Waals surface area contributed by atoms with Gasteiger partial charge in [-0.1, -0.05) is 0 Å². The summed E-state index contributed by atoms with van der Waals surface area (Å²) < 4.78 is 13.3. The molecule has 0 bridgehead atoms. The number of methoxy groups -OCH3 is 1. The molecule has 0 atom stereocenters. The average molecular weight is 469 g/mol. The van der Waals surface area contributed by atoms with Crippen molar-refractivity contribution in [1.82, 2.24) is 24.4 Å². The van der Waals surface area contributed by atoms with E-state index in [1.54, 1.807) is 7.11 Å². The fraction of sp³-hybridized carbons (Fsp3) is 0.417. The Hall–Kier alpha value is -3.50. The number of imidazole rings is 1. The van der Waals surface area contributed by atoms with Crippen molar-refractivity contribution in [3.63, 3.8) is 0 Å². The monoisotopic (exact) mass is 468 g/mol. The molecule has 0 unspecified atom stereocenters. The lowest BCUT2D eigenvalue weighted by molar-refractivity contribution is -0.122. The minimum atomic E-state index is -0.250. The summed E-state index contributed by atoms with van der Waals surface area (Å²) in [5.74, 6) is 2.45. The summed E-state index contributed by atoms with van der Waals surface area (Å²) >= 11 is 0. The molecule has 34 heavy (non-hydrogen) atoms. The van der Waals surface area contributed by atoms with E-state index < -0.39 is 0 Å². The van der Waals surface area contributed by atoms with Gasteiger partial charge in [-0.2, -0.15) is 0 Å². The van der Waals surface area contributed by atoms with Gasteiger partial charge >= 0.3 is 0 Å². The highest BCUT2D eigenvalue weighted by atomic mass is 16.5. The van der Waals surface area contributed by atoms with E-state index in [0.29, 0.717) is 13.2 Å². The Bertz CT molecular complexity index is 1080. The maximum absolute atomic E-state index is 8.36. The number of hydrogen-bond acceptors (Lipinski definition) is 8. The molecule has 1 fully saturated rings. The van der Waals surface area contributed by atoms with Crippen LogP contribution < -0.4 is 9.64 Å². The van der Waals surface area contributed by atoms with Gasteiger partial charge in [0.15, 0.2) is 0 Å². The number of benzene rings is 1. The van der Waals surface area contributed by atoms with E-state index in [1.807, 2.05) is 37.5 Å². The number of ether oxygens (including phenoxy) is 2. The van der Waals surface area contributed by atoms with Gasteiger partial charge in [-0.05, 0) is 45.3 Å². The standard InChI is InChI=1S/C23H30N6O2.CH2O2/c1-17-15-20(26-23(25-17)29-11-13-31-14-12-29)19-16-18(5-6-21(19)30-4)22-24-7-8-28(22)10-9-27(2)3;2-1-3/h5-8,15-16H,9-14H2,1-4H3;1H,(H,2,3). The number of morpholine rings is 1. The van der Waals surface area contributed by atoms with Crippen LogP contribution in [0, 0.1) is 6.92 Å². The Balaban J connectivity index is 0.00000103. The maximum Gasteiger partial charge on any atom is 0.290 e. The van der Waals surface area contributed by atoms with Crippen molar-refractivity contribution in [2.24, 2.45) is 0 Å². The lowest BCUT2D eigenvalue weighted by Crippen LogP contribution is -2.37. The van der Waals surface area contributed by atoms with Gasteiger partial charge in [-0.15, -0.1) is 0 Å². The minimum Gasteiger partial charge on any atom is -0.496 e. The third-order valence-electron chi connectivity index (χ3n) is 5.37. The van der Waals surface area contributed by atoms with Crippen LogP contribution >= 0.6 is 0 Å². The molecule has 3 aromatic rings. The number of carbonyl (C=O) groups is 1. The normalized spacial score (nSPS) is 13.4. The van der Waals surface area contributed by atoms with Crippen LogP contribution in [0.25, 0.3) is 22.6 Å². The second-order valence-electron chi connectivity index (χ2n) is 8.06. The lowest BCUT2D eigenvalue weighted by Gasteiger charge is -2.27. The van der Waals surface area contributed by atoms with Crippen LogP contribution in [0.15, 0.2) is 36.7 Å². The minimum absolute atomic E-state index is 0.250. The van der Waals surface area contributed by atoms with Gasteiger partial charge in [0.1, 0.15) is 11.6 Å². The highest BCUT2D eigenvalue weighted by Crippen LogP contribution is 2.34. The first kappa shape index (κ1) is 25.1. The molecular formula is C24H32N6O4. The Labute approximate surface area is 199 Å². The summed E-state index contributed by atoms with van der Waals surface area (Å²) in [4.78, 5) is 26.9. The van der Waals surface area contributed by atoms with E-state index in [-0.39, 0.29) is 6.47 Å². The zero-order valence-electron chi connectivity index (χ0n) is 20.1. The van der Waals surface area contributed by atoms with Crippen molar-refractivity contribution in [2.45, 2.75) is 13.5 Å². The highest BCUT2D eigenvalue weighted by molar-refractivity contribution is 5.74. The molecule has 10 nitrogen and oxygen atoms in total. The van der Waals surface area contributed by atoms with Gasteiger partial charge in [0.05, 0.1) is 26.0 Å². The lowest BCUT2D eigenvalue weighted by atomic mass is 10.1. The highest BCUT2D eigenvalue weighted by Gasteiger charge is 2.18. The van der Waals surface area contributed by atoms with Gasteiger partial charge in [-0.25, -0.2) is 15.0 Å². The van der Waals surface area contributed by atoms with Gasteiger partial charge in [0.2, 0.25) is 5.95 Å². The fourth-order valence-electron chi connectivity index (χ4n) is 3.70. The zero-order chi connectivity index (χ0) is 24.5. The second-order valence-corrected chi connectivity index (χ2v) is 8.06. The molecular weight excluding hydrogens is 436 g/mol. The van der Waals surface area contributed by atoms with Gasteiger partial charge in [-0.3, -0.25) is 4.79 Å². The van der Waals surface area contributed by atoms with Crippen molar-refractivity contribution in [1.29, 1.82) is 0 Å². The third kappa shape index (κ3) is 6.30. The molecule has 0 spiro atoms. The van der Waals surface area contributed by atoms with Crippen molar-refractivity contribution >= 4 is 12.4 Å². The number of rotatable bonds is 7. The summed E-state index contributed by atoms with van der Waals surface area (Å²) in [7, 11) is 5.84. The van der Waals surface area contributed by atoms with E-state index in [0.717, 1.165) is 66.2 Å². The second kappa shape index (κ2) is 12.1. The summed E-state index contributed by atoms with van der Waals surface area (Å²) in [6, 6.07) is 8.15. The molecule has 2 aromatic heterocycles. The SMILES string of the molecule is COc1ccc(-c2nccn2CCN(C)C)cc1-c1cc(C)nc(N2CCOCC2)n1.O=CO. The average Bonchev–Trinajstić information content (AvgIpc) is 3.32. The van der Waals surface area contributed by atoms with E-state index in [9.17, 15) is 0 Å². The number of likely N-dealkylation sites (N-methyl/N-ethyl adjacent to an activating group) is 1. The first-order chi connectivity index (χ1) is 16.5. The predicted molar refractivity (Wildman–Crippen MR) is 130 cm³/mol. The van der Waals surface area contributed by atoms with Gasteiger partial charge in [0, 0.05) is 55.4 Å². The molecule has 0 saturated carbocycles. The molecule has 3 heterocycles. The molecule has 1 aliphatic heterocycles. The Kier molecular flexibility index (Phi) is 8.94. The third-order valence-corrected chi connectivity index (χ3v) is 5.37. The van der Waals surface area contributed by atoms with Crippen molar-refractivity contribution in [2.75, 3.05) is 59.0 Å². The van der Waals surface area contributed by atoms with Gasteiger partial charge < -0.3 is 28.9 Å². The number of carboxylic acid groups (broad SMARTS) is 1. The van der Waals surface area contributed by atoms with E-state index in [2.05, 4.69) is 44.5 Å². The van der Waals surface area contributed by atoms with Crippen LogP contribution in [-0.2, 0) is 16.1 Å².